The molecule has 1 N–H and O–H groups in total. The Hall–Kier alpha value is -2.87. The summed E-state index contributed by atoms with van der Waals surface area (Å²) in [4.78, 5) is 2.32. The Morgan fingerprint density at radius 2 is 1.81 bits per heavy atom. The smallest absolute Gasteiger partial charge is 0.222 e. The Morgan fingerprint density at radius 3 is 2.50 bits per heavy atom. The van der Waals surface area contributed by atoms with Crippen LogP contribution >= 0.6 is 0 Å². The van der Waals surface area contributed by atoms with Gasteiger partial charge in [-0.15, -0.1) is 0 Å². The highest BCUT2D eigenvalue weighted by Crippen LogP contribution is 2.36. The molecule has 4 rings (SSSR count). The minimum Gasteiger partial charge on any atom is -0.497 e. The van der Waals surface area contributed by atoms with Crippen LogP contribution in [0, 0.1) is 11.8 Å². The van der Waals surface area contributed by atoms with Crippen LogP contribution < -0.4 is 9.47 Å². The van der Waals surface area contributed by atoms with Crippen molar-refractivity contribution >= 4 is 0 Å². The molecular formula is C29H39N3O4. The predicted octanol–water partition coefficient (Wildman–Crippen LogP) is 5.13. The second-order valence-corrected chi connectivity index (χ2v) is 10.1. The van der Waals surface area contributed by atoms with Crippen LogP contribution in [0.1, 0.15) is 32.3 Å². The number of hydrogen-bond acceptors (Lipinski definition) is 6. The summed E-state index contributed by atoms with van der Waals surface area (Å²) >= 11 is 0. The quantitative estimate of drug-likeness (QED) is 0.336. The molecular weight excluding hydrogens is 454 g/mol. The van der Waals surface area contributed by atoms with Crippen LogP contribution in [0.25, 0.3) is 11.3 Å². The van der Waals surface area contributed by atoms with Gasteiger partial charge in [-0.1, -0.05) is 50.2 Å². The molecule has 0 radical (unpaired) electrons. The molecule has 7 heteroatoms. The Bertz CT molecular complexity index is 1100. The van der Waals surface area contributed by atoms with Crippen molar-refractivity contribution in [3.63, 3.8) is 0 Å². The maximum absolute atomic E-state index is 10.8. The highest BCUT2D eigenvalue weighted by atomic mass is 16.5. The molecule has 3 aromatic rings. The topological polar surface area (TPSA) is 69.0 Å². The van der Waals surface area contributed by atoms with Gasteiger partial charge in [-0.05, 0) is 36.8 Å². The summed E-state index contributed by atoms with van der Waals surface area (Å²) in [6.45, 7) is 7.31. The molecule has 1 heterocycles. The summed E-state index contributed by atoms with van der Waals surface area (Å²) in [5.41, 5.74) is 2.93. The molecule has 1 fully saturated rings. The number of nitrogens with zero attached hydrogens (tertiary/aromatic N) is 3. The number of benzene rings is 2. The second-order valence-electron chi connectivity index (χ2n) is 10.1. The van der Waals surface area contributed by atoms with Crippen LogP contribution in [-0.4, -0.2) is 59.3 Å². The summed E-state index contributed by atoms with van der Waals surface area (Å²) in [5.74, 6) is 3.23. The molecule has 1 saturated carbocycles. The molecule has 7 nitrogen and oxygen atoms in total. The zero-order valence-corrected chi connectivity index (χ0v) is 21.9. The largest absolute Gasteiger partial charge is 0.497 e. The van der Waals surface area contributed by atoms with Gasteiger partial charge < -0.3 is 19.3 Å². The van der Waals surface area contributed by atoms with E-state index in [9.17, 15) is 5.11 Å². The molecule has 1 aliphatic rings. The van der Waals surface area contributed by atoms with Gasteiger partial charge in [0, 0.05) is 44.9 Å². The minimum absolute atomic E-state index is 0.338. The molecule has 2 aromatic carbocycles. The fraction of sp³-hybridized carbons (Fsp3) is 0.483. The number of hydrogen-bond donors (Lipinski definition) is 1. The van der Waals surface area contributed by atoms with Gasteiger partial charge >= 0.3 is 0 Å². The van der Waals surface area contributed by atoms with E-state index in [1.807, 2.05) is 49.5 Å². The van der Waals surface area contributed by atoms with Crippen molar-refractivity contribution < 1.29 is 19.3 Å². The van der Waals surface area contributed by atoms with Crippen LogP contribution in [0.3, 0.4) is 0 Å². The third-order valence-corrected chi connectivity index (χ3v) is 6.22. The van der Waals surface area contributed by atoms with Gasteiger partial charge in [-0.3, -0.25) is 4.90 Å². The molecule has 0 saturated heterocycles. The summed E-state index contributed by atoms with van der Waals surface area (Å²) in [6, 6.07) is 17.8. The first-order chi connectivity index (χ1) is 17.4. The standard InChI is InChI=1S/C29H39N3O4/c1-21(2)19-35-20-24(33)17-32(16-22-13-14-22)18-27-28(23-9-6-5-7-10-23)30-31(3)29(27)36-26-12-8-11-25(15-26)34-4/h5-12,15,21-22,24,33H,13-14,16-20H2,1-4H3. The van der Waals surface area contributed by atoms with Crippen molar-refractivity contribution in [1.82, 2.24) is 14.7 Å². The monoisotopic (exact) mass is 493 g/mol. The van der Waals surface area contributed by atoms with Gasteiger partial charge in [0.1, 0.15) is 17.2 Å². The van der Waals surface area contributed by atoms with E-state index in [0.29, 0.717) is 49.8 Å². The lowest BCUT2D eigenvalue weighted by atomic mass is 10.1. The van der Waals surface area contributed by atoms with Crippen molar-refractivity contribution in [3.8, 4) is 28.6 Å². The second kappa shape index (κ2) is 12.4. The summed E-state index contributed by atoms with van der Waals surface area (Å²) in [5, 5.41) is 15.6. The molecule has 1 unspecified atom stereocenters. The first-order valence-corrected chi connectivity index (χ1v) is 12.8. The van der Waals surface area contributed by atoms with Crippen LogP contribution in [0.15, 0.2) is 54.6 Å². The molecule has 0 bridgehead atoms. The molecule has 1 aromatic heterocycles. The lowest BCUT2D eigenvalue weighted by Gasteiger charge is -2.26. The zero-order valence-electron chi connectivity index (χ0n) is 21.9. The van der Waals surface area contributed by atoms with Gasteiger partial charge in [-0.25, -0.2) is 4.68 Å². The molecule has 194 valence electrons. The van der Waals surface area contributed by atoms with Crippen LogP contribution in [0.4, 0.5) is 0 Å². The molecule has 0 spiro atoms. The summed E-state index contributed by atoms with van der Waals surface area (Å²) < 4.78 is 19.3. The Morgan fingerprint density at radius 1 is 1.06 bits per heavy atom. The maximum atomic E-state index is 10.8. The van der Waals surface area contributed by atoms with Crippen molar-refractivity contribution in [2.75, 3.05) is 33.4 Å². The van der Waals surface area contributed by atoms with E-state index in [0.717, 1.165) is 29.1 Å². The maximum Gasteiger partial charge on any atom is 0.222 e. The van der Waals surface area contributed by atoms with Gasteiger partial charge in [0.25, 0.3) is 0 Å². The number of aromatic nitrogens is 2. The van der Waals surface area contributed by atoms with Crippen LogP contribution in [-0.2, 0) is 18.3 Å². The van der Waals surface area contributed by atoms with Crippen molar-refractivity contribution in [3.05, 3.63) is 60.2 Å². The van der Waals surface area contributed by atoms with Crippen LogP contribution in [0.2, 0.25) is 0 Å². The van der Waals surface area contributed by atoms with E-state index in [-0.39, 0.29) is 0 Å². The molecule has 1 aliphatic carbocycles. The first-order valence-electron chi connectivity index (χ1n) is 12.8. The number of methoxy groups -OCH3 is 1. The lowest BCUT2D eigenvalue weighted by molar-refractivity contribution is 0.00613. The van der Waals surface area contributed by atoms with E-state index < -0.39 is 6.10 Å². The fourth-order valence-corrected chi connectivity index (χ4v) is 4.31. The van der Waals surface area contributed by atoms with Gasteiger partial charge in [-0.2, -0.15) is 5.10 Å². The summed E-state index contributed by atoms with van der Waals surface area (Å²) in [7, 11) is 3.55. The van der Waals surface area contributed by atoms with E-state index in [1.54, 1.807) is 11.8 Å². The Labute approximate surface area is 214 Å². The number of rotatable bonds is 14. The van der Waals surface area contributed by atoms with Crippen molar-refractivity contribution in [2.24, 2.45) is 18.9 Å². The van der Waals surface area contributed by atoms with Crippen molar-refractivity contribution in [2.45, 2.75) is 39.3 Å². The molecule has 0 amide bonds. The molecule has 36 heavy (non-hydrogen) atoms. The predicted molar refractivity (Wildman–Crippen MR) is 141 cm³/mol. The molecule has 0 aliphatic heterocycles. The number of ether oxygens (including phenoxy) is 3. The van der Waals surface area contributed by atoms with E-state index >= 15 is 0 Å². The highest BCUT2D eigenvalue weighted by Gasteiger charge is 2.28. The Kier molecular flexibility index (Phi) is 9.02. The average molecular weight is 494 g/mol. The van der Waals surface area contributed by atoms with E-state index in [2.05, 4.69) is 30.9 Å². The summed E-state index contributed by atoms with van der Waals surface area (Å²) in [6.07, 6.45) is 1.92. The highest BCUT2D eigenvalue weighted by molar-refractivity contribution is 5.65. The third kappa shape index (κ3) is 7.32. The van der Waals surface area contributed by atoms with Gasteiger partial charge in [0.15, 0.2) is 0 Å². The van der Waals surface area contributed by atoms with Gasteiger partial charge in [0.05, 0.1) is 25.4 Å². The third-order valence-electron chi connectivity index (χ3n) is 6.22. The van der Waals surface area contributed by atoms with Crippen LogP contribution in [0.5, 0.6) is 17.4 Å². The number of aryl methyl sites for hydroxylation is 1. The lowest BCUT2D eigenvalue weighted by Crippen LogP contribution is -2.36. The Balaban J connectivity index is 1.61. The average Bonchev–Trinajstić information content (AvgIpc) is 3.63. The normalized spacial score (nSPS) is 14.4. The first kappa shape index (κ1) is 26.2. The SMILES string of the molecule is COc1cccc(Oc2c(CN(CC(O)COCC(C)C)CC3CC3)c(-c3ccccc3)nn2C)c1. The number of aliphatic hydroxyl groups is 1. The minimum atomic E-state index is -0.554. The van der Waals surface area contributed by atoms with E-state index in [4.69, 9.17) is 19.3 Å². The number of aliphatic hydroxyl groups excluding tert-OH is 1. The van der Waals surface area contributed by atoms with Gasteiger partial charge in [0.2, 0.25) is 5.88 Å². The van der Waals surface area contributed by atoms with E-state index in [1.165, 1.54) is 12.8 Å². The zero-order chi connectivity index (χ0) is 25.5. The molecule has 1 atom stereocenters. The van der Waals surface area contributed by atoms with Crippen molar-refractivity contribution in [1.29, 1.82) is 0 Å². The fourth-order valence-electron chi connectivity index (χ4n) is 4.31.